The average Bonchev–Trinajstić information content (AvgIpc) is 2.64. The molecule has 0 saturated heterocycles. The second-order valence-electron chi connectivity index (χ2n) is 6.92. The molecule has 1 aliphatic heterocycles. The minimum atomic E-state index is -3.39. The Hall–Kier alpha value is -2.71. The summed E-state index contributed by atoms with van der Waals surface area (Å²) in [4.78, 5) is 0. The van der Waals surface area contributed by atoms with Crippen molar-refractivity contribution in [3.63, 3.8) is 0 Å². The zero-order chi connectivity index (χ0) is 18.5. The first kappa shape index (κ1) is 16.7. The lowest BCUT2D eigenvalue weighted by Crippen LogP contribution is -2.31. The van der Waals surface area contributed by atoms with Crippen LogP contribution in [0.3, 0.4) is 0 Å². The summed E-state index contributed by atoms with van der Waals surface area (Å²) in [7, 11) is -3.39. The van der Waals surface area contributed by atoms with E-state index in [0.717, 1.165) is 11.1 Å². The van der Waals surface area contributed by atoms with Crippen LogP contribution in [0.15, 0.2) is 66.7 Å². The summed E-state index contributed by atoms with van der Waals surface area (Å²) in [6.07, 6.45) is 0. The Bertz CT molecular complexity index is 1060. The third-order valence-corrected chi connectivity index (χ3v) is 8.25. The third-order valence-electron chi connectivity index (χ3n) is 5.04. The molecule has 1 aliphatic rings. The van der Waals surface area contributed by atoms with Crippen molar-refractivity contribution in [2.45, 2.75) is 19.0 Å². The highest BCUT2D eigenvalue weighted by Crippen LogP contribution is 2.66. The highest BCUT2D eigenvalue weighted by atomic mass is 31.2. The van der Waals surface area contributed by atoms with Crippen LogP contribution in [0, 0.1) is 0 Å². The van der Waals surface area contributed by atoms with E-state index in [2.05, 4.69) is 0 Å². The second kappa shape index (κ2) is 5.65. The van der Waals surface area contributed by atoms with Crippen molar-refractivity contribution in [3.8, 4) is 28.4 Å². The molecule has 1 atom stereocenters. The molecule has 0 amide bonds. The molecule has 3 aromatic rings. The number of fused-ring (bicyclic) bond motifs is 3. The van der Waals surface area contributed by atoms with E-state index in [9.17, 15) is 14.8 Å². The van der Waals surface area contributed by atoms with Crippen LogP contribution in [0.2, 0.25) is 0 Å². The van der Waals surface area contributed by atoms with Crippen molar-refractivity contribution < 1.29 is 19.3 Å². The Labute approximate surface area is 152 Å². The lowest BCUT2D eigenvalue weighted by Gasteiger charge is -2.39. The molecule has 0 radical (unpaired) electrons. The molecular formula is C21H19O4P. The lowest BCUT2D eigenvalue weighted by atomic mass is 10.0. The number of hydrogen-bond donors (Lipinski definition) is 2. The number of aromatic hydroxyl groups is 2. The van der Waals surface area contributed by atoms with Gasteiger partial charge in [-0.2, -0.15) is 0 Å². The molecule has 132 valence electrons. The first-order valence-corrected chi connectivity index (χ1v) is 9.98. The normalized spacial score (nSPS) is 18.5. The van der Waals surface area contributed by atoms with Gasteiger partial charge in [0.1, 0.15) is 5.75 Å². The molecule has 5 heteroatoms. The fourth-order valence-electron chi connectivity index (χ4n) is 3.40. The number of benzene rings is 3. The van der Waals surface area contributed by atoms with Gasteiger partial charge in [-0.25, -0.2) is 0 Å². The molecule has 0 fully saturated rings. The van der Waals surface area contributed by atoms with Crippen molar-refractivity contribution in [3.05, 3.63) is 72.3 Å². The Morgan fingerprint density at radius 1 is 0.846 bits per heavy atom. The first-order chi connectivity index (χ1) is 12.3. The molecule has 2 N–H and O–H groups in total. The van der Waals surface area contributed by atoms with Crippen molar-refractivity contribution in [2.24, 2.45) is 0 Å². The average molecular weight is 366 g/mol. The summed E-state index contributed by atoms with van der Waals surface area (Å²) < 4.78 is 20.4. The molecule has 0 saturated carbocycles. The molecule has 0 aromatic heterocycles. The standard InChI is InChI=1S/C21H19O4P/c1-21(2,14-11-12-17(22)18(23)13-14)26(24)20-10-6-4-8-16(20)15-7-3-5-9-19(15)25-26/h3-13,22-23H,1-2H3. The maximum absolute atomic E-state index is 14.3. The van der Waals surface area contributed by atoms with E-state index in [1.165, 1.54) is 12.1 Å². The highest BCUT2D eigenvalue weighted by molar-refractivity contribution is 7.68. The number of phenols is 2. The largest absolute Gasteiger partial charge is 0.504 e. The molecule has 26 heavy (non-hydrogen) atoms. The highest BCUT2D eigenvalue weighted by Gasteiger charge is 2.49. The molecule has 4 nitrogen and oxygen atoms in total. The SMILES string of the molecule is CC(C)(c1ccc(O)c(O)c1)P1(=O)Oc2ccccc2-c2ccccc21. The van der Waals surface area contributed by atoms with Gasteiger partial charge >= 0.3 is 0 Å². The fourth-order valence-corrected chi connectivity index (χ4v) is 6.04. The summed E-state index contributed by atoms with van der Waals surface area (Å²) in [5.74, 6) is 0.136. The van der Waals surface area contributed by atoms with Crippen LogP contribution in [0.4, 0.5) is 0 Å². The van der Waals surface area contributed by atoms with Crippen LogP contribution >= 0.6 is 7.37 Å². The van der Waals surface area contributed by atoms with Crippen LogP contribution in [0.5, 0.6) is 17.2 Å². The van der Waals surface area contributed by atoms with Crippen molar-refractivity contribution in [1.29, 1.82) is 0 Å². The van der Waals surface area contributed by atoms with E-state index in [-0.39, 0.29) is 11.5 Å². The van der Waals surface area contributed by atoms with E-state index in [1.807, 2.05) is 62.4 Å². The molecule has 0 aliphatic carbocycles. The molecule has 4 rings (SSSR count). The Morgan fingerprint density at radius 2 is 1.50 bits per heavy atom. The Balaban J connectivity index is 1.96. The van der Waals surface area contributed by atoms with Gasteiger partial charge in [-0.1, -0.05) is 42.5 Å². The molecule has 0 bridgehead atoms. The van der Waals surface area contributed by atoms with E-state index in [4.69, 9.17) is 4.52 Å². The van der Waals surface area contributed by atoms with Gasteiger partial charge in [0.15, 0.2) is 11.5 Å². The Kier molecular flexibility index (Phi) is 3.64. The van der Waals surface area contributed by atoms with Crippen LogP contribution in [-0.4, -0.2) is 10.2 Å². The van der Waals surface area contributed by atoms with Gasteiger partial charge in [0, 0.05) is 5.56 Å². The summed E-state index contributed by atoms with van der Waals surface area (Å²) >= 11 is 0. The Morgan fingerprint density at radius 3 is 2.23 bits per heavy atom. The van der Waals surface area contributed by atoms with Crippen molar-refractivity contribution in [2.75, 3.05) is 0 Å². The van der Waals surface area contributed by atoms with Crippen molar-refractivity contribution >= 4 is 12.7 Å². The first-order valence-electron chi connectivity index (χ1n) is 8.36. The predicted octanol–water partition coefficient (Wildman–Crippen LogP) is 5.00. The minimum absolute atomic E-state index is 0.210. The summed E-state index contributed by atoms with van der Waals surface area (Å²) in [6.45, 7) is 3.68. The van der Waals surface area contributed by atoms with Gasteiger partial charge in [0.05, 0.1) is 10.5 Å². The minimum Gasteiger partial charge on any atom is -0.504 e. The van der Waals surface area contributed by atoms with E-state index < -0.39 is 12.5 Å². The molecular weight excluding hydrogens is 347 g/mol. The molecule has 0 spiro atoms. The summed E-state index contributed by atoms with van der Waals surface area (Å²) in [5.41, 5.74) is 2.44. The maximum atomic E-state index is 14.3. The van der Waals surface area contributed by atoms with E-state index in [1.54, 1.807) is 6.07 Å². The predicted molar refractivity (Wildman–Crippen MR) is 103 cm³/mol. The van der Waals surface area contributed by atoms with E-state index in [0.29, 0.717) is 16.6 Å². The van der Waals surface area contributed by atoms with Gasteiger partial charge in [-0.05, 0) is 49.2 Å². The fraction of sp³-hybridized carbons (Fsp3) is 0.143. The molecule has 1 heterocycles. The number of phenolic OH excluding ortho intramolecular Hbond substituents is 2. The van der Waals surface area contributed by atoms with Gasteiger partial charge in [-0.3, -0.25) is 4.57 Å². The van der Waals surface area contributed by atoms with Crippen LogP contribution in [-0.2, 0) is 9.72 Å². The van der Waals surface area contributed by atoms with E-state index >= 15 is 0 Å². The van der Waals surface area contributed by atoms with Gasteiger partial charge in [0.2, 0.25) is 0 Å². The topological polar surface area (TPSA) is 66.8 Å². The third kappa shape index (κ3) is 2.26. The zero-order valence-corrected chi connectivity index (χ0v) is 15.4. The number of rotatable bonds is 2. The van der Waals surface area contributed by atoms with Gasteiger partial charge < -0.3 is 14.7 Å². The quantitative estimate of drug-likeness (QED) is 0.495. The summed E-state index contributed by atoms with van der Waals surface area (Å²) in [5, 5.41) is 19.3. The van der Waals surface area contributed by atoms with Crippen LogP contribution in [0.1, 0.15) is 19.4 Å². The molecule has 3 aromatic carbocycles. The smallest absolute Gasteiger partial charge is 0.287 e. The monoisotopic (exact) mass is 366 g/mol. The lowest BCUT2D eigenvalue weighted by molar-refractivity contribution is 0.401. The number of para-hydroxylation sites is 1. The second-order valence-corrected chi connectivity index (χ2v) is 9.80. The maximum Gasteiger partial charge on any atom is 0.287 e. The summed E-state index contributed by atoms with van der Waals surface area (Å²) in [6, 6.07) is 19.7. The van der Waals surface area contributed by atoms with Crippen LogP contribution in [0.25, 0.3) is 11.1 Å². The van der Waals surface area contributed by atoms with Gasteiger partial charge in [0.25, 0.3) is 7.37 Å². The number of hydrogen-bond acceptors (Lipinski definition) is 4. The van der Waals surface area contributed by atoms with Gasteiger partial charge in [-0.15, -0.1) is 0 Å². The van der Waals surface area contributed by atoms with Crippen molar-refractivity contribution in [1.82, 2.24) is 0 Å². The zero-order valence-electron chi connectivity index (χ0n) is 14.5. The van der Waals surface area contributed by atoms with Crippen LogP contribution < -0.4 is 9.83 Å². The molecule has 1 unspecified atom stereocenters.